The summed E-state index contributed by atoms with van der Waals surface area (Å²) in [6, 6.07) is 8.51. The molecule has 0 atom stereocenters. The molecule has 1 aromatic rings. The van der Waals surface area contributed by atoms with Crippen LogP contribution in [0.4, 0.5) is 0 Å². The minimum atomic E-state index is 1.32. The molecule has 0 nitrogen and oxygen atoms in total. The van der Waals surface area contributed by atoms with Gasteiger partial charge in [0.05, 0.1) is 0 Å². The molecule has 0 radical (unpaired) electrons. The van der Waals surface area contributed by atoms with Crippen LogP contribution in [0.2, 0.25) is 0 Å². The van der Waals surface area contributed by atoms with Crippen LogP contribution in [0.3, 0.4) is 0 Å². The molecule has 2 heteroatoms. The molecular weight excluding hydrogens is 220 g/mol. The average molecular weight is 232 g/mol. The van der Waals surface area contributed by atoms with Gasteiger partial charge in [-0.15, -0.1) is 0 Å². The highest BCUT2D eigenvalue weighted by Gasteiger charge is 2.14. The standard InChI is InChI=1S/C13H12S2/c1-3-4-7-11-10(2)14-12-8-5-6-9-13(12)15-11/h3-9H,1H2,2H3/b7-4-. The average Bonchev–Trinajstić information content (AvgIpc) is 2.26. The third-order valence-electron chi connectivity index (χ3n) is 2.06. The van der Waals surface area contributed by atoms with Crippen molar-refractivity contribution >= 4 is 23.5 Å². The molecule has 0 saturated heterocycles. The maximum Gasteiger partial charge on any atom is 0.0262 e. The molecule has 0 fully saturated rings. The number of fused-ring (bicyclic) bond motifs is 1. The van der Waals surface area contributed by atoms with Crippen molar-refractivity contribution in [3.05, 3.63) is 58.9 Å². The number of hydrogen-bond donors (Lipinski definition) is 0. The molecule has 1 aliphatic heterocycles. The largest absolute Gasteiger partial charge is 0.0991 e. The smallest absolute Gasteiger partial charge is 0.0262 e. The molecule has 0 N–H and O–H groups in total. The van der Waals surface area contributed by atoms with Gasteiger partial charge >= 0.3 is 0 Å². The summed E-state index contributed by atoms with van der Waals surface area (Å²) in [6.07, 6.45) is 5.92. The van der Waals surface area contributed by atoms with Gasteiger partial charge in [-0.2, -0.15) is 0 Å². The lowest BCUT2D eigenvalue weighted by molar-refractivity contribution is 1.25. The molecule has 76 valence electrons. The predicted molar refractivity (Wildman–Crippen MR) is 70.2 cm³/mol. The van der Waals surface area contributed by atoms with Gasteiger partial charge in [0, 0.05) is 19.6 Å². The molecule has 1 aromatic carbocycles. The summed E-state index contributed by atoms with van der Waals surface area (Å²) >= 11 is 3.67. The lowest BCUT2D eigenvalue weighted by Gasteiger charge is -2.17. The summed E-state index contributed by atoms with van der Waals surface area (Å²) in [6.45, 7) is 5.85. The van der Waals surface area contributed by atoms with Crippen LogP contribution in [0.15, 0.2) is 68.7 Å². The highest BCUT2D eigenvalue weighted by Crippen LogP contribution is 2.46. The van der Waals surface area contributed by atoms with Crippen LogP contribution in [0.1, 0.15) is 6.92 Å². The van der Waals surface area contributed by atoms with Crippen molar-refractivity contribution in [3.63, 3.8) is 0 Å². The van der Waals surface area contributed by atoms with Crippen molar-refractivity contribution in [1.29, 1.82) is 0 Å². The third kappa shape index (κ3) is 2.39. The fourth-order valence-electron chi connectivity index (χ4n) is 1.33. The van der Waals surface area contributed by atoms with E-state index in [0.717, 1.165) is 0 Å². The third-order valence-corrected chi connectivity index (χ3v) is 4.66. The highest BCUT2D eigenvalue weighted by atomic mass is 32.2. The fraction of sp³-hybridized carbons (Fsp3) is 0.0769. The minimum absolute atomic E-state index is 1.32. The summed E-state index contributed by atoms with van der Waals surface area (Å²) in [7, 11) is 0. The van der Waals surface area contributed by atoms with Gasteiger partial charge < -0.3 is 0 Å². The Balaban J connectivity index is 2.31. The molecule has 0 amide bonds. The molecule has 0 saturated carbocycles. The second-order valence-corrected chi connectivity index (χ2v) is 5.51. The Bertz CT molecular complexity index is 442. The van der Waals surface area contributed by atoms with Gasteiger partial charge in [0.25, 0.3) is 0 Å². The normalized spacial score (nSPS) is 15.5. The number of rotatable bonds is 2. The summed E-state index contributed by atoms with van der Waals surface area (Å²) in [5.74, 6) is 0. The fourth-order valence-corrected chi connectivity index (χ4v) is 3.49. The van der Waals surface area contributed by atoms with E-state index < -0.39 is 0 Å². The van der Waals surface area contributed by atoms with Gasteiger partial charge in [-0.25, -0.2) is 0 Å². The van der Waals surface area contributed by atoms with E-state index in [1.165, 1.54) is 19.6 Å². The van der Waals surface area contributed by atoms with E-state index in [1.807, 2.05) is 35.7 Å². The van der Waals surface area contributed by atoms with Crippen molar-refractivity contribution < 1.29 is 0 Å². The molecule has 0 bridgehead atoms. The molecule has 0 aliphatic carbocycles. The van der Waals surface area contributed by atoms with Crippen LogP contribution in [0.25, 0.3) is 0 Å². The zero-order chi connectivity index (χ0) is 10.7. The predicted octanol–water partition coefficient (Wildman–Crippen LogP) is 4.86. The number of thioether (sulfide) groups is 2. The number of benzene rings is 1. The van der Waals surface area contributed by atoms with Crippen molar-refractivity contribution in [1.82, 2.24) is 0 Å². The van der Waals surface area contributed by atoms with E-state index in [9.17, 15) is 0 Å². The van der Waals surface area contributed by atoms with Gasteiger partial charge in [0.2, 0.25) is 0 Å². The topological polar surface area (TPSA) is 0 Å². The lowest BCUT2D eigenvalue weighted by Crippen LogP contribution is -1.88. The van der Waals surface area contributed by atoms with Crippen molar-refractivity contribution in [3.8, 4) is 0 Å². The zero-order valence-corrected chi connectivity index (χ0v) is 10.2. The molecule has 1 heterocycles. The number of hydrogen-bond acceptors (Lipinski definition) is 2. The summed E-state index contributed by atoms with van der Waals surface area (Å²) < 4.78 is 0. The number of allylic oxidation sites excluding steroid dienone is 4. The van der Waals surface area contributed by atoms with Gasteiger partial charge in [-0.05, 0) is 25.1 Å². The van der Waals surface area contributed by atoms with E-state index in [2.05, 4.69) is 43.8 Å². The van der Waals surface area contributed by atoms with Gasteiger partial charge in [-0.1, -0.05) is 54.4 Å². The molecule has 2 rings (SSSR count). The van der Waals surface area contributed by atoms with Crippen LogP contribution in [0, 0.1) is 0 Å². The van der Waals surface area contributed by atoms with Crippen molar-refractivity contribution in [2.24, 2.45) is 0 Å². The Morgan fingerprint density at radius 1 is 1.13 bits per heavy atom. The van der Waals surface area contributed by atoms with E-state index >= 15 is 0 Å². The molecule has 1 aliphatic rings. The Labute approximate surface area is 99.2 Å². The van der Waals surface area contributed by atoms with E-state index in [4.69, 9.17) is 0 Å². The summed E-state index contributed by atoms with van der Waals surface area (Å²) in [5, 5.41) is 0. The molecule has 0 spiro atoms. The van der Waals surface area contributed by atoms with Crippen LogP contribution < -0.4 is 0 Å². The van der Waals surface area contributed by atoms with Crippen LogP contribution in [-0.4, -0.2) is 0 Å². The first-order chi connectivity index (χ1) is 7.31. The Hall–Kier alpha value is -0.860. The van der Waals surface area contributed by atoms with E-state index in [0.29, 0.717) is 0 Å². The van der Waals surface area contributed by atoms with Crippen LogP contribution in [-0.2, 0) is 0 Å². The summed E-state index contributed by atoms with van der Waals surface area (Å²) in [4.78, 5) is 5.38. The van der Waals surface area contributed by atoms with E-state index in [1.54, 1.807) is 0 Å². The monoisotopic (exact) mass is 232 g/mol. The van der Waals surface area contributed by atoms with Crippen molar-refractivity contribution in [2.45, 2.75) is 16.7 Å². The molecule has 0 unspecified atom stereocenters. The van der Waals surface area contributed by atoms with Crippen molar-refractivity contribution in [2.75, 3.05) is 0 Å². The minimum Gasteiger partial charge on any atom is -0.0991 e. The van der Waals surface area contributed by atoms with E-state index in [-0.39, 0.29) is 0 Å². The SMILES string of the molecule is C=C/C=C\C1=C(C)Sc2ccccc2S1. The first-order valence-corrected chi connectivity index (χ1v) is 6.39. The Kier molecular flexibility index (Phi) is 3.39. The summed E-state index contributed by atoms with van der Waals surface area (Å²) in [5.41, 5.74) is 0. The van der Waals surface area contributed by atoms with Crippen LogP contribution >= 0.6 is 23.5 Å². The Morgan fingerprint density at radius 2 is 1.80 bits per heavy atom. The first-order valence-electron chi connectivity index (χ1n) is 4.76. The second-order valence-electron chi connectivity index (χ2n) is 3.17. The zero-order valence-electron chi connectivity index (χ0n) is 8.57. The molecular formula is C13H12S2. The maximum atomic E-state index is 3.69. The van der Waals surface area contributed by atoms with Crippen LogP contribution in [0.5, 0.6) is 0 Å². The molecule has 0 aromatic heterocycles. The van der Waals surface area contributed by atoms with Gasteiger partial charge in [-0.3, -0.25) is 0 Å². The van der Waals surface area contributed by atoms with Gasteiger partial charge in [0.15, 0.2) is 0 Å². The second kappa shape index (κ2) is 4.77. The molecule has 15 heavy (non-hydrogen) atoms. The maximum absolute atomic E-state index is 3.69. The quantitative estimate of drug-likeness (QED) is 0.668. The Morgan fingerprint density at radius 3 is 2.47 bits per heavy atom. The van der Waals surface area contributed by atoms with Gasteiger partial charge in [0.1, 0.15) is 0 Å². The highest BCUT2D eigenvalue weighted by molar-refractivity contribution is 8.09. The lowest BCUT2D eigenvalue weighted by atomic mass is 10.4. The first kappa shape index (κ1) is 10.7.